The lowest BCUT2D eigenvalue weighted by molar-refractivity contribution is 0.101. The number of carbonyl (C=O) groups is 1. The summed E-state index contributed by atoms with van der Waals surface area (Å²) in [6, 6.07) is 12.6. The Morgan fingerprint density at radius 2 is 1.92 bits per heavy atom. The highest BCUT2D eigenvalue weighted by Gasteiger charge is 2.18. The lowest BCUT2D eigenvalue weighted by Gasteiger charge is -2.04. The third kappa shape index (κ3) is 3.17. The molecule has 4 rings (SSSR count). The third-order valence-electron chi connectivity index (χ3n) is 3.47. The minimum absolute atomic E-state index is 0.0318. The van der Waals surface area contributed by atoms with Crippen molar-refractivity contribution in [1.29, 1.82) is 0 Å². The van der Waals surface area contributed by atoms with Crippen LogP contribution in [0.1, 0.15) is 10.6 Å². The molecule has 128 valence electrons. The van der Waals surface area contributed by atoms with Gasteiger partial charge >= 0.3 is 6.01 Å². The van der Waals surface area contributed by atoms with Gasteiger partial charge in [-0.15, -0.1) is 0 Å². The fourth-order valence-electron chi connectivity index (χ4n) is 2.28. The number of amides is 1. The summed E-state index contributed by atoms with van der Waals surface area (Å²) in [5.74, 6) is -0.385. The monoisotopic (exact) mass is 366 g/mol. The summed E-state index contributed by atoms with van der Waals surface area (Å²) >= 11 is 5.82. The van der Waals surface area contributed by atoms with Gasteiger partial charge in [0.25, 0.3) is 5.91 Å². The summed E-state index contributed by atoms with van der Waals surface area (Å²) < 4.78 is 6.72. The van der Waals surface area contributed by atoms with Crippen LogP contribution in [0, 0.1) is 0 Å². The normalized spacial score (nSPS) is 10.7. The van der Waals surface area contributed by atoms with E-state index >= 15 is 0 Å². The first kappa shape index (κ1) is 16.0. The van der Waals surface area contributed by atoms with E-state index in [1.165, 1.54) is 23.5 Å². The Hall–Kier alpha value is -3.52. The molecular weight excluding hydrogens is 356 g/mol. The Bertz CT molecular complexity index is 1040. The van der Waals surface area contributed by atoms with Crippen molar-refractivity contribution < 1.29 is 9.21 Å². The van der Waals surface area contributed by atoms with Crippen molar-refractivity contribution in [1.82, 2.24) is 24.7 Å². The molecule has 8 nitrogen and oxygen atoms in total. The van der Waals surface area contributed by atoms with E-state index in [9.17, 15) is 4.79 Å². The molecule has 0 spiro atoms. The van der Waals surface area contributed by atoms with Crippen LogP contribution in [0.15, 0.2) is 65.7 Å². The molecule has 0 unspecified atom stereocenters. The minimum atomic E-state index is -0.496. The second kappa shape index (κ2) is 6.77. The van der Waals surface area contributed by atoms with E-state index in [4.69, 9.17) is 16.0 Å². The molecular formula is C17H11ClN6O2. The number of aromatic nitrogens is 5. The number of carbonyl (C=O) groups excluding carboxylic acids is 1. The summed E-state index contributed by atoms with van der Waals surface area (Å²) in [5, 5.41) is 7.16. The smallest absolute Gasteiger partial charge is 0.302 e. The van der Waals surface area contributed by atoms with Gasteiger partial charge in [0.15, 0.2) is 0 Å². The van der Waals surface area contributed by atoms with Gasteiger partial charge in [-0.05, 0) is 24.3 Å². The number of pyridine rings is 1. The molecule has 0 aliphatic rings. The van der Waals surface area contributed by atoms with Crippen molar-refractivity contribution in [3.63, 3.8) is 0 Å². The molecule has 3 aromatic heterocycles. The standard InChI is InChI=1S/C17H11ClN6O2/c18-11-6-7-13(19-8-11)14-9-26-17(22-14)23-16(25)15-20-10-21-24(15)12-4-2-1-3-5-12/h1-10H,(H,22,23,25). The highest BCUT2D eigenvalue weighted by Crippen LogP contribution is 2.20. The Kier molecular flexibility index (Phi) is 4.16. The van der Waals surface area contributed by atoms with Crippen LogP contribution in [0.4, 0.5) is 6.01 Å². The molecule has 9 heteroatoms. The number of nitrogens with one attached hydrogen (secondary N) is 1. The van der Waals surface area contributed by atoms with Crippen LogP contribution in [0.25, 0.3) is 17.1 Å². The van der Waals surface area contributed by atoms with Crippen LogP contribution in [0.3, 0.4) is 0 Å². The predicted molar refractivity (Wildman–Crippen MR) is 94.1 cm³/mol. The summed E-state index contributed by atoms with van der Waals surface area (Å²) in [5.41, 5.74) is 1.77. The predicted octanol–water partition coefficient (Wildman–Crippen LogP) is 3.22. The van der Waals surface area contributed by atoms with Gasteiger partial charge in [-0.3, -0.25) is 15.1 Å². The van der Waals surface area contributed by atoms with Gasteiger partial charge in [0.2, 0.25) is 5.82 Å². The number of hydrogen-bond acceptors (Lipinski definition) is 6. The molecule has 0 aliphatic heterocycles. The van der Waals surface area contributed by atoms with Gasteiger partial charge in [0, 0.05) is 6.20 Å². The van der Waals surface area contributed by atoms with E-state index in [1.54, 1.807) is 12.1 Å². The van der Waals surface area contributed by atoms with E-state index in [1.807, 2.05) is 30.3 Å². The van der Waals surface area contributed by atoms with Crippen LogP contribution in [0.2, 0.25) is 5.02 Å². The van der Waals surface area contributed by atoms with Gasteiger partial charge in [-0.25, -0.2) is 9.67 Å². The molecule has 4 aromatic rings. The first-order chi connectivity index (χ1) is 12.7. The average molecular weight is 367 g/mol. The lowest BCUT2D eigenvalue weighted by Crippen LogP contribution is -2.18. The molecule has 1 N–H and O–H groups in total. The molecule has 3 heterocycles. The number of para-hydroxylation sites is 1. The summed E-state index contributed by atoms with van der Waals surface area (Å²) in [7, 11) is 0. The maximum absolute atomic E-state index is 12.5. The van der Waals surface area contributed by atoms with Crippen LogP contribution in [-0.2, 0) is 0 Å². The Balaban J connectivity index is 1.55. The summed E-state index contributed by atoms with van der Waals surface area (Å²) in [6.45, 7) is 0. The van der Waals surface area contributed by atoms with Crippen molar-refractivity contribution in [2.45, 2.75) is 0 Å². The van der Waals surface area contributed by atoms with Crippen LogP contribution >= 0.6 is 11.6 Å². The van der Waals surface area contributed by atoms with Crippen molar-refractivity contribution in [3.05, 3.63) is 72.1 Å². The van der Waals surface area contributed by atoms with Gasteiger partial charge in [0.05, 0.1) is 16.4 Å². The fraction of sp³-hybridized carbons (Fsp3) is 0. The van der Waals surface area contributed by atoms with Crippen LogP contribution in [-0.4, -0.2) is 30.6 Å². The number of halogens is 1. The quantitative estimate of drug-likeness (QED) is 0.595. The molecule has 0 atom stereocenters. The molecule has 0 fully saturated rings. The molecule has 0 saturated carbocycles. The number of hydrogen-bond donors (Lipinski definition) is 1. The number of nitrogens with zero attached hydrogens (tertiary/aromatic N) is 5. The first-order valence-corrected chi connectivity index (χ1v) is 7.93. The fourth-order valence-corrected chi connectivity index (χ4v) is 2.40. The van der Waals surface area contributed by atoms with E-state index in [0.717, 1.165) is 0 Å². The van der Waals surface area contributed by atoms with Gasteiger partial charge in [-0.2, -0.15) is 10.1 Å². The second-order valence-corrected chi connectivity index (χ2v) is 5.62. The van der Waals surface area contributed by atoms with Crippen LogP contribution in [0.5, 0.6) is 0 Å². The zero-order valence-corrected chi connectivity index (χ0v) is 14.0. The molecule has 1 aromatic carbocycles. The SMILES string of the molecule is O=C(Nc1nc(-c2ccc(Cl)cn2)co1)c1ncnn1-c1ccccc1. The van der Waals surface area contributed by atoms with E-state index in [2.05, 4.69) is 25.4 Å². The summed E-state index contributed by atoms with van der Waals surface area (Å²) in [4.78, 5) is 24.9. The Morgan fingerprint density at radius 1 is 1.08 bits per heavy atom. The number of anilines is 1. The average Bonchev–Trinajstić information content (AvgIpc) is 3.32. The zero-order valence-electron chi connectivity index (χ0n) is 13.2. The maximum Gasteiger partial charge on any atom is 0.302 e. The van der Waals surface area contributed by atoms with E-state index in [0.29, 0.717) is 22.1 Å². The second-order valence-electron chi connectivity index (χ2n) is 5.18. The topological polar surface area (TPSA) is 98.7 Å². The minimum Gasteiger partial charge on any atom is -0.431 e. The molecule has 0 saturated heterocycles. The molecule has 1 amide bonds. The number of rotatable bonds is 4. The molecule has 0 aliphatic carbocycles. The van der Waals surface area contributed by atoms with Crippen LogP contribution < -0.4 is 5.32 Å². The maximum atomic E-state index is 12.5. The first-order valence-electron chi connectivity index (χ1n) is 7.55. The Labute approximate surface area is 152 Å². The molecule has 0 radical (unpaired) electrons. The van der Waals surface area contributed by atoms with Crippen molar-refractivity contribution in [2.24, 2.45) is 0 Å². The number of oxazole rings is 1. The van der Waals surface area contributed by atoms with Gasteiger partial charge in [-0.1, -0.05) is 29.8 Å². The molecule has 26 heavy (non-hydrogen) atoms. The van der Waals surface area contributed by atoms with Gasteiger partial charge < -0.3 is 4.42 Å². The van der Waals surface area contributed by atoms with Gasteiger partial charge in [0.1, 0.15) is 18.3 Å². The number of benzene rings is 1. The van der Waals surface area contributed by atoms with E-state index in [-0.39, 0.29) is 11.8 Å². The Morgan fingerprint density at radius 3 is 2.69 bits per heavy atom. The largest absolute Gasteiger partial charge is 0.431 e. The highest BCUT2D eigenvalue weighted by molar-refractivity contribution is 6.30. The highest BCUT2D eigenvalue weighted by atomic mass is 35.5. The zero-order chi connectivity index (χ0) is 17.9. The third-order valence-corrected chi connectivity index (χ3v) is 3.69. The molecule has 0 bridgehead atoms. The van der Waals surface area contributed by atoms with Crippen molar-refractivity contribution in [3.8, 4) is 17.1 Å². The van der Waals surface area contributed by atoms with Crippen molar-refractivity contribution in [2.75, 3.05) is 5.32 Å². The lowest BCUT2D eigenvalue weighted by atomic mass is 10.3. The van der Waals surface area contributed by atoms with Crippen molar-refractivity contribution >= 4 is 23.5 Å². The summed E-state index contributed by atoms with van der Waals surface area (Å²) in [6.07, 6.45) is 4.21. The van der Waals surface area contributed by atoms with E-state index < -0.39 is 5.91 Å².